The summed E-state index contributed by atoms with van der Waals surface area (Å²) in [5, 5.41) is 2.70. The van der Waals surface area contributed by atoms with Crippen LogP contribution >= 0.6 is 0 Å². The molecule has 1 aliphatic rings. The molecule has 1 unspecified atom stereocenters. The number of carbonyl (C=O) groups is 2. The number of likely N-dealkylation sites (tertiary alicyclic amines) is 1. The number of hydrogen-bond acceptors (Lipinski definition) is 3. The third-order valence-electron chi connectivity index (χ3n) is 4.25. The van der Waals surface area contributed by atoms with Crippen molar-refractivity contribution in [2.24, 2.45) is 5.92 Å². The molecule has 2 aromatic carbocycles. The van der Waals surface area contributed by atoms with Gasteiger partial charge in [-0.3, -0.25) is 9.59 Å². The molecule has 0 radical (unpaired) electrons. The number of rotatable bonds is 4. The predicted molar refractivity (Wildman–Crippen MR) is 92.3 cm³/mol. The second-order valence-corrected chi connectivity index (χ2v) is 6.28. The summed E-state index contributed by atoms with van der Waals surface area (Å²) in [6.07, 6.45) is -4.35. The number of nitrogens with zero attached hydrogens (tertiary/aromatic N) is 1. The molecule has 1 N–H and O–H groups in total. The van der Waals surface area contributed by atoms with Crippen LogP contribution in [0.3, 0.4) is 0 Å². The monoisotopic (exact) mass is 378 g/mol. The Morgan fingerprint density at radius 2 is 1.81 bits per heavy atom. The summed E-state index contributed by atoms with van der Waals surface area (Å²) < 4.78 is 44.4. The van der Waals surface area contributed by atoms with Crippen LogP contribution in [0.25, 0.3) is 0 Å². The first-order valence-electron chi connectivity index (χ1n) is 8.23. The van der Waals surface area contributed by atoms with Gasteiger partial charge in [0, 0.05) is 25.7 Å². The fraction of sp³-hybridized carbons (Fsp3) is 0.263. The summed E-state index contributed by atoms with van der Waals surface area (Å²) in [5.74, 6) is -0.863. The van der Waals surface area contributed by atoms with Gasteiger partial charge in [-0.2, -0.15) is 13.2 Å². The van der Waals surface area contributed by atoms with E-state index in [1.165, 1.54) is 47.4 Å². The van der Waals surface area contributed by atoms with Crippen molar-refractivity contribution in [3.05, 3.63) is 54.1 Å². The van der Waals surface area contributed by atoms with Gasteiger partial charge in [0.1, 0.15) is 11.5 Å². The van der Waals surface area contributed by atoms with Crippen LogP contribution in [0.5, 0.6) is 11.5 Å². The maximum absolute atomic E-state index is 13.0. The molecule has 5 nitrogen and oxygen atoms in total. The number of para-hydroxylation sites is 1. The molecule has 142 valence electrons. The van der Waals surface area contributed by atoms with E-state index >= 15 is 0 Å². The minimum atomic E-state index is -4.52. The zero-order valence-corrected chi connectivity index (χ0v) is 14.4. The average Bonchev–Trinajstić information content (AvgIpc) is 2.95. The van der Waals surface area contributed by atoms with Crippen LogP contribution in [0.4, 0.5) is 18.9 Å². The van der Waals surface area contributed by atoms with E-state index in [4.69, 9.17) is 4.74 Å². The summed E-state index contributed by atoms with van der Waals surface area (Å²) in [6.45, 7) is 0.361. The van der Waals surface area contributed by atoms with Gasteiger partial charge >= 0.3 is 6.18 Å². The highest BCUT2D eigenvalue weighted by Gasteiger charge is 2.34. The first-order chi connectivity index (χ1) is 12.7. The Bertz CT molecular complexity index is 850. The summed E-state index contributed by atoms with van der Waals surface area (Å²) in [6, 6.07) is 10.9. The van der Waals surface area contributed by atoms with Gasteiger partial charge in [0.15, 0.2) is 0 Å². The number of hydrogen-bond donors (Lipinski definition) is 1. The average molecular weight is 378 g/mol. The van der Waals surface area contributed by atoms with Crippen LogP contribution in [0, 0.1) is 5.92 Å². The Labute approximate surface area is 153 Å². The van der Waals surface area contributed by atoms with E-state index in [9.17, 15) is 22.8 Å². The molecule has 1 atom stereocenters. The topological polar surface area (TPSA) is 58.6 Å². The van der Waals surface area contributed by atoms with E-state index in [-0.39, 0.29) is 29.7 Å². The molecular formula is C19H17F3N2O3. The zero-order valence-electron chi connectivity index (χ0n) is 14.4. The third-order valence-corrected chi connectivity index (χ3v) is 4.25. The molecule has 0 saturated carbocycles. The molecular weight excluding hydrogens is 361 g/mol. The van der Waals surface area contributed by atoms with Gasteiger partial charge in [0.2, 0.25) is 11.8 Å². The standard InChI is InChI=1S/C19H17F3N2O3/c1-24-11-12(10-17(24)25)18(26)23-13-6-8-14(9-7-13)27-16-5-3-2-4-15(16)19(20,21)22/h2-9,12H,10-11H2,1H3,(H,23,26). The van der Waals surface area contributed by atoms with E-state index in [2.05, 4.69) is 5.32 Å². The maximum atomic E-state index is 13.0. The quantitative estimate of drug-likeness (QED) is 0.878. The van der Waals surface area contributed by atoms with Crippen molar-refractivity contribution in [1.82, 2.24) is 4.90 Å². The first-order valence-corrected chi connectivity index (χ1v) is 8.23. The van der Waals surface area contributed by atoms with Crippen LogP contribution in [-0.2, 0) is 15.8 Å². The van der Waals surface area contributed by atoms with Gasteiger partial charge in [-0.15, -0.1) is 0 Å². The lowest BCUT2D eigenvalue weighted by Crippen LogP contribution is -2.25. The second-order valence-electron chi connectivity index (χ2n) is 6.28. The summed E-state index contributed by atoms with van der Waals surface area (Å²) in [4.78, 5) is 25.2. The fourth-order valence-electron chi connectivity index (χ4n) is 2.81. The minimum absolute atomic E-state index is 0.0813. The largest absolute Gasteiger partial charge is 0.457 e. The molecule has 0 bridgehead atoms. The van der Waals surface area contributed by atoms with Crippen molar-refractivity contribution in [2.45, 2.75) is 12.6 Å². The van der Waals surface area contributed by atoms with Crippen molar-refractivity contribution in [3.8, 4) is 11.5 Å². The highest BCUT2D eigenvalue weighted by molar-refractivity contribution is 5.97. The van der Waals surface area contributed by atoms with E-state index in [1.54, 1.807) is 7.05 Å². The van der Waals surface area contributed by atoms with Crippen LogP contribution in [0.1, 0.15) is 12.0 Å². The molecule has 1 saturated heterocycles. The number of carbonyl (C=O) groups excluding carboxylic acids is 2. The Morgan fingerprint density at radius 1 is 1.15 bits per heavy atom. The molecule has 3 rings (SSSR count). The number of halogens is 3. The zero-order chi connectivity index (χ0) is 19.6. The molecule has 27 heavy (non-hydrogen) atoms. The van der Waals surface area contributed by atoms with Crippen molar-refractivity contribution >= 4 is 17.5 Å². The molecule has 2 aromatic rings. The fourth-order valence-corrected chi connectivity index (χ4v) is 2.81. The highest BCUT2D eigenvalue weighted by atomic mass is 19.4. The Kier molecular flexibility index (Phi) is 5.07. The van der Waals surface area contributed by atoms with Crippen molar-refractivity contribution in [1.29, 1.82) is 0 Å². The molecule has 1 fully saturated rings. The number of nitrogens with one attached hydrogen (secondary N) is 1. The van der Waals surface area contributed by atoms with Crippen LogP contribution in [0.15, 0.2) is 48.5 Å². The molecule has 2 amide bonds. The van der Waals surface area contributed by atoms with Crippen LogP contribution in [-0.4, -0.2) is 30.3 Å². The molecule has 0 spiro atoms. The smallest absolute Gasteiger partial charge is 0.419 e. The molecule has 0 aromatic heterocycles. The molecule has 1 aliphatic heterocycles. The highest BCUT2D eigenvalue weighted by Crippen LogP contribution is 2.38. The van der Waals surface area contributed by atoms with Crippen LogP contribution in [0.2, 0.25) is 0 Å². The number of benzene rings is 2. The summed E-state index contributed by atoms with van der Waals surface area (Å²) in [5.41, 5.74) is -0.393. The predicted octanol–water partition coefficient (Wildman–Crippen LogP) is 3.91. The van der Waals surface area contributed by atoms with Crippen molar-refractivity contribution < 1.29 is 27.5 Å². The van der Waals surface area contributed by atoms with Gasteiger partial charge in [-0.25, -0.2) is 0 Å². The van der Waals surface area contributed by atoms with E-state index in [0.29, 0.717) is 12.2 Å². The van der Waals surface area contributed by atoms with Gasteiger partial charge < -0.3 is 15.0 Å². The summed E-state index contributed by atoms with van der Waals surface area (Å²) in [7, 11) is 1.64. The molecule has 8 heteroatoms. The van der Waals surface area contributed by atoms with Gasteiger partial charge in [-0.1, -0.05) is 12.1 Å². The third kappa shape index (κ3) is 4.39. The van der Waals surface area contributed by atoms with Crippen molar-refractivity contribution in [2.75, 3.05) is 18.9 Å². The van der Waals surface area contributed by atoms with E-state index < -0.39 is 17.7 Å². The van der Waals surface area contributed by atoms with E-state index in [0.717, 1.165) is 6.07 Å². The number of alkyl halides is 3. The normalized spacial score (nSPS) is 17.1. The van der Waals surface area contributed by atoms with Gasteiger partial charge in [0.05, 0.1) is 11.5 Å². The lowest BCUT2D eigenvalue weighted by molar-refractivity contribution is -0.138. The van der Waals surface area contributed by atoms with Gasteiger partial charge in [-0.05, 0) is 36.4 Å². The number of anilines is 1. The SMILES string of the molecule is CN1CC(C(=O)Nc2ccc(Oc3ccccc3C(F)(F)F)cc2)CC1=O. The first kappa shape index (κ1) is 18.8. The molecule has 1 heterocycles. The Hall–Kier alpha value is -3.03. The summed E-state index contributed by atoms with van der Waals surface area (Å²) >= 11 is 0. The molecule has 0 aliphatic carbocycles. The van der Waals surface area contributed by atoms with E-state index in [1.807, 2.05) is 0 Å². The number of ether oxygens (including phenoxy) is 1. The minimum Gasteiger partial charge on any atom is -0.457 e. The van der Waals surface area contributed by atoms with Crippen LogP contribution < -0.4 is 10.1 Å². The Morgan fingerprint density at radius 3 is 2.41 bits per heavy atom. The number of amides is 2. The lowest BCUT2D eigenvalue weighted by Gasteiger charge is -2.14. The lowest BCUT2D eigenvalue weighted by atomic mass is 10.1. The maximum Gasteiger partial charge on any atom is 0.419 e. The van der Waals surface area contributed by atoms with Crippen molar-refractivity contribution in [3.63, 3.8) is 0 Å². The second kappa shape index (κ2) is 7.30. The van der Waals surface area contributed by atoms with Gasteiger partial charge in [0.25, 0.3) is 0 Å². The Balaban J connectivity index is 1.66.